The first-order chi connectivity index (χ1) is 10.3. The van der Waals surface area contributed by atoms with Gasteiger partial charge in [0.1, 0.15) is 10.8 Å². The highest BCUT2D eigenvalue weighted by atomic mass is 32.2. The SMILES string of the molecule is COc1ccc(-c2ccc(CSc3cn[nH]n3)cc2)cc1. The zero-order chi connectivity index (χ0) is 14.5. The lowest BCUT2D eigenvalue weighted by Crippen LogP contribution is -1.84. The van der Waals surface area contributed by atoms with Gasteiger partial charge in [0.2, 0.25) is 0 Å². The van der Waals surface area contributed by atoms with Crippen LogP contribution >= 0.6 is 11.8 Å². The minimum atomic E-state index is 0.874. The van der Waals surface area contributed by atoms with Crippen LogP contribution in [0.2, 0.25) is 0 Å². The summed E-state index contributed by atoms with van der Waals surface area (Å²) in [5.41, 5.74) is 3.65. The summed E-state index contributed by atoms with van der Waals surface area (Å²) in [6, 6.07) is 16.7. The Kier molecular flexibility index (Phi) is 4.21. The molecule has 0 aliphatic rings. The first kappa shape index (κ1) is 13.7. The van der Waals surface area contributed by atoms with Crippen LogP contribution < -0.4 is 4.74 Å². The van der Waals surface area contributed by atoms with Crippen LogP contribution in [-0.2, 0) is 5.75 Å². The van der Waals surface area contributed by atoms with Gasteiger partial charge in [0.05, 0.1) is 13.3 Å². The summed E-state index contributed by atoms with van der Waals surface area (Å²) in [6.45, 7) is 0. The second-order valence-corrected chi connectivity index (χ2v) is 5.52. The number of nitrogens with one attached hydrogen (secondary N) is 1. The molecule has 0 fully saturated rings. The van der Waals surface area contributed by atoms with E-state index in [9.17, 15) is 0 Å². The number of nitrogens with zero attached hydrogens (tertiary/aromatic N) is 2. The average Bonchev–Trinajstić information content (AvgIpc) is 3.07. The van der Waals surface area contributed by atoms with Crippen molar-refractivity contribution >= 4 is 11.8 Å². The number of benzene rings is 2. The molecule has 0 atom stereocenters. The van der Waals surface area contributed by atoms with Crippen LogP contribution in [0.25, 0.3) is 11.1 Å². The molecule has 0 bridgehead atoms. The zero-order valence-electron chi connectivity index (χ0n) is 11.6. The van der Waals surface area contributed by atoms with Crippen molar-refractivity contribution in [3.05, 3.63) is 60.3 Å². The average molecular weight is 297 g/mol. The van der Waals surface area contributed by atoms with Gasteiger partial charge in [0, 0.05) is 5.75 Å². The fourth-order valence-electron chi connectivity index (χ4n) is 1.99. The topological polar surface area (TPSA) is 50.8 Å². The van der Waals surface area contributed by atoms with E-state index in [0.717, 1.165) is 16.5 Å². The molecule has 1 heterocycles. The van der Waals surface area contributed by atoms with E-state index in [1.54, 1.807) is 25.1 Å². The molecule has 0 aliphatic carbocycles. The van der Waals surface area contributed by atoms with Gasteiger partial charge in [-0.15, -0.1) is 5.10 Å². The Morgan fingerprint density at radius 1 is 1.00 bits per heavy atom. The lowest BCUT2D eigenvalue weighted by molar-refractivity contribution is 0.415. The second-order valence-electron chi connectivity index (χ2n) is 4.52. The van der Waals surface area contributed by atoms with Crippen LogP contribution in [0.15, 0.2) is 59.8 Å². The molecule has 106 valence electrons. The normalized spacial score (nSPS) is 10.5. The van der Waals surface area contributed by atoms with Crippen LogP contribution in [0, 0.1) is 0 Å². The Labute approximate surface area is 127 Å². The van der Waals surface area contributed by atoms with Gasteiger partial charge < -0.3 is 4.74 Å². The van der Waals surface area contributed by atoms with Crippen LogP contribution in [0.4, 0.5) is 0 Å². The Hall–Kier alpha value is -2.27. The molecule has 1 aromatic heterocycles. The Morgan fingerprint density at radius 2 is 1.67 bits per heavy atom. The largest absolute Gasteiger partial charge is 0.497 e. The fraction of sp³-hybridized carbons (Fsp3) is 0.125. The van der Waals surface area contributed by atoms with Gasteiger partial charge in [-0.1, -0.05) is 48.2 Å². The van der Waals surface area contributed by atoms with Gasteiger partial charge in [0.25, 0.3) is 0 Å². The van der Waals surface area contributed by atoms with Crippen molar-refractivity contribution in [3.8, 4) is 16.9 Å². The molecule has 21 heavy (non-hydrogen) atoms. The molecule has 0 aliphatic heterocycles. The van der Waals surface area contributed by atoms with E-state index in [1.165, 1.54) is 16.7 Å². The van der Waals surface area contributed by atoms with Gasteiger partial charge in [-0.2, -0.15) is 10.3 Å². The third-order valence-corrected chi connectivity index (χ3v) is 4.13. The summed E-state index contributed by atoms with van der Waals surface area (Å²) in [6.07, 6.45) is 1.73. The fourth-order valence-corrected chi connectivity index (χ4v) is 2.73. The van der Waals surface area contributed by atoms with Gasteiger partial charge in [-0.25, -0.2) is 0 Å². The van der Waals surface area contributed by atoms with E-state index >= 15 is 0 Å². The third kappa shape index (κ3) is 3.44. The van der Waals surface area contributed by atoms with Crippen LogP contribution in [0.3, 0.4) is 0 Å². The van der Waals surface area contributed by atoms with Crippen LogP contribution in [0.1, 0.15) is 5.56 Å². The molecule has 2 aromatic carbocycles. The monoisotopic (exact) mass is 297 g/mol. The Balaban J connectivity index is 1.68. The summed E-state index contributed by atoms with van der Waals surface area (Å²) in [5.74, 6) is 1.76. The number of hydrogen-bond donors (Lipinski definition) is 1. The lowest BCUT2D eigenvalue weighted by Gasteiger charge is -2.05. The number of methoxy groups -OCH3 is 1. The van der Waals surface area contributed by atoms with E-state index in [1.807, 2.05) is 12.1 Å². The summed E-state index contributed by atoms with van der Waals surface area (Å²) in [7, 11) is 1.68. The molecular formula is C16H15N3OS. The predicted octanol–water partition coefficient (Wildman–Crippen LogP) is 3.77. The van der Waals surface area contributed by atoms with Crippen molar-refractivity contribution in [1.29, 1.82) is 0 Å². The molecule has 0 amide bonds. The molecule has 0 saturated heterocycles. The van der Waals surface area contributed by atoms with Crippen molar-refractivity contribution in [1.82, 2.24) is 15.4 Å². The summed E-state index contributed by atoms with van der Waals surface area (Å²) in [4.78, 5) is 0. The maximum absolute atomic E-state index is 5.18. The molecule has 5 heteroatoms. The van der Waals surface area contributed by atoms with Crippen molar-refractivity contribution in [2.45, 2.75) is 10.8 Å². The summed E-state index contributed by atoms with van der Waals surface area (Å²) >= 11 is 1.67. The van der Waals surface area contributed by atoms with Gasteiger partial charge >= 0.3 is 0 Å². The van der Waals surface area contributed by atoms with Crippen molar-refractivity contribution < 1.29 is 4.74 Å². The van der Waals surface area contributed by atoms with Gasteiger partial charge in [-0.05, 0) is 28.8 Å². The van der Waals surface area contributed by atoms with Crippen molar-refractivity contribution in [3.63, 3.8) is 0 Å². The van der Waals surface area contributed by atoms with Crippen LogP contribution in [0.5, 0.6) is 5.75 Å². The quantitative estimate of drug-likeness (QED) is 0.728. The Bertz CT molecular complexity index is 679. The molecule has 1 N–H and O–H groups in total. The van der Waals surface area contributed by atoms with E-state index in [0.29, 0.717) is 0 Å². The summed E-state index contributed by atoms with van der Waals surface area (Å²) < 4.78 is 5.18. The van der Waals surface area contributed by atoms with Gasteiger partial charge in [-0.3, -0.25) is 0 Å². The highest BCUT2D eigenvalue weighted by Gasteiger charge is 2.01. The standard InChI is InChI=1S/C16H15N3OS/c1-20-15-8-6-14(7-9-15)13-4-2-12(3-5-13)11-21-16-10-17-19-18-16/h2-10H,11H2,1H3,(H,17,18,19). The maximum atomic E-state index is 5.18. The minimum Gasteiger partial charge on any atom is -0.497 e. The zero-order valence-corrected chi connectivity index (χ0v) is 12.4. The second kappa shape index (κ2) is 6.45. The molecular weight excluding hydrogens is 282 g/mol. The third-order valence-electron chi connectivity index (χ3n) is 3.16. The van der Waals surface area contributed by atoms with Crippen molar-refractivity contribution in [2.75, 3.05) is 7.11 Å². The molecule has 3 rings (SSSR count). The number of rotatable bonds is 5. The number of hydrogen-bond acceptors (Lipinski definition) is 4. The molecule has 0 spiro atoms. The molecule has 3 aromatic rings. The highest BCUT2D eigenvalue weighted by Crippen LogP contribution is 2.25. The first-order valence-corrected chi connectivity index (χ1v) is 7.55. The van der Waals surface area contributed by atoms with Gasteiger partial charge in [0.15, 0.2) is 0 Å². The number of thioether (sulfide) groups is 1. The van der Waals surface area contributed by atoms with E-state index in [-0.39, 0.29) is 0 Å². The highest BCUT2D eigenvalue weighted by molar-refractivity contribution is 7.98. The number of H-pyrrole nitrogens is 1. The molecule has 0 saturated carbocycles. The molecule has 4 nitrogen and oxygen atoms in total. The predicted molar refractivity (Wildman–Crippen MR) is 84.4 cm³/mol. The maximum Gasteiger partial charge on any atom is 0.139 e. The smallest absolute Gasteiger partial charge is 0.139 e. The van der Waals surface area contributed by atoms with E-state index < -0.39 is 0 Å². The molecule has 0 radical (unpaired) electrons. The minimum absolute atomic E-state index is 0.874. The van der Waals surface area contributed by atoms with E-state index in [4.69, 9.17) is 4.74 Å². The lowest BCUT2D eigenvalue weighted by atomic mass is 10.0. The number of ether oxygens (including phenoxy) is 1. The van der Waals surface area contributed by atoms with E-state index in [2.05, 4.69) is 51.8 Å². The Morgan fingerprint density at radius 3 is 2.24 bits per heavy atom. The number of aromatic nitrogens is 3. The van der Waals surface area contributed by atoms with Crippen LogP contribution in [-0.4, -0.2) is 22.5 Å². The van der Waals surface area contributed by atoms with Crippen molar-refractivity contribution in [2.24, 2.45) is 0 Å². The number of aromatic amines is 1. The first-order valence-electron chi connectivity index (χ1n) is 6.57. The molecule has 0 unspecified atom stereocenters. The summed E-state index contributed by atoms with van der Waals surface area (Å²) in [5, 5.41) is 11.3.